The first kappa shape index (κ1) is 25.6. The number of aromatic nitrogens is 3. The molecule has 0 bridgehead atoms. The maximum absolute atomic E-state index is 13.2. The lowest BCUT2D eigenvalue weighted by molar-refractivity contribution is -0.145. The minimum Gasteiger partial charge on any atom is -0.349 e. The van der Waals surface area contributed by atoms with Crippen molar-refractivity contribution in [2.24, 2.45) is 0 Å². The number of alkyl halides is 3. The third-order valence-electron chi connectivity index (χ3n) is 5.62. The van der Waals surface area contributed by atoms with Crippen molar-refractivity contribution in [1.82, 2.24) is 24.6 Å². The molecule has 1 atom stereocenters. The normalized spacial score (nSPS) is 16.8. The zero-order valence-electron chi connectivity index (χ0n) is 19.0. The SMILES string of the molecule is Cc1cc(-c2cnc(C(F)(F)F)nc2)cc(CNC(=O)C2CCCN2S(=O)(=O)c2ccc(F)cc2)n1. The molecule has 1 aromatic carbocycles. The van der Waals surface area contributed by atoms with Crippen molar-refractivity contribution < 1.29 is 30.8 Å². The Balaban J connectivity index is 1.48. The number of rotatable bonds is 6. The summed E-state index contributed by atoms with van der Waals surface area (Å²) in [6.45, 7) is 1.81. The largest absolute Gasteiger partial charge is 0.451 e. The lowest BCUT2D eigenvalue weighted by atomic mass is 10.1. The van der Waals surface area contributed by atoms with E-state index in [1.165, 1.54) is 0 Å². The fraction of sp³-hybridized carbons (Fsp3) is 0.304. The van der Waals surface area contributed by atoms with Crippen LogP contribution in [0.5, 0.6) is 0 Å². The summed E-state index contributed by atoms with van der Waals surface area (Å²) in [5, 5.41) is 2.69. The van der Waals surface area contributed by atoms with E-state index in [-0.39, 0.29) is 18.0 Å². The Morgan fingerprint density at radius 3 is 2.42 bits per heavy atom. The molecule has 2 aromatic heterocycles. The topological polar surface area (TPSA) is 105 Å². The van der Waals surface area contributed by atoms with E-state index in [2.05, 4.69) is 20.3 Å². The molecule has 4 rings (SSSR count). The standard InChI is InChI=1S/C23H21F4N5O3S/c1-14-9-15(16-11-29-22(30-12-16)23(25,26)27)10-18(31-14)13-28-21(33)20-3-2-8-32(20)36(34,35)19-6-4-17(24)5-7-19/h4-7,9-12,20H,2-3,8,13H2,1H3,(H,28,33). The molecule has 0 aliphatic carbocycles. The molecule has 1 unspecified atom stereocenters. The van der Waals surface area contributed by atoms with E-state index >= 15 is 0 Å². The predicted octanol–water partition coefficient (Wildman–Crippen LogP) is 3.47. The number of amides is 1. The van der Waals surface area contributed by atoms with E-state index in [0.29, 0.717) is 35.4 Å². The van der Waals surface area contributed by atoms with Gasteiger partial charge >= 0.3 is 6.18 Å². The molecule has 8 nitrogen and oxygen atoms in total. The number of carbonyl (C=O) groups excluding carboxylic acids is 1. The molecule has 1 aliphatic rings. The van der Waals surface area contributed by atoms with Crippen LogP contribution in [0.2, 0.25) is 0 Å². The highest BCUT2D eigenvalue weighted by atomic mass is 32.2. The number of hydrogen-bond acceptors (Lipinski definition) is 6. The first-order valence-electron chi connectivity index (χ1n) is 10.9. The van der Waals surface area contributed by atoms with Crippen molar-refractivity contribution >= 4 is 15.9 Å². The summed E-state index contributed by atoms with van der Waals surface area (Å²) in [4.78, 5) is 23.9. The van der Waals surface area contributed by atoms with E-state index in [9.17, 15) is 30.8 Å². The molecule has 1 aliphatic heterocycles. The summed E-state index contributed by atoms with van der Waals surface area (Å²) in [7, 11) is -4.00. The van der Waals surface area contributed by atoms with Gasteiger partial charge in [-0.2, -0.15) is 17.5 Å². The molecule has 13 heteroatoms. The number of pyridine rings is 1. The average molecular weight is 524 g/mol. The number of halogens is 4. The van der Waals surface area contributed by atoms with Crippen molar-refractivity contribution in [2.45, 2.75) is 43.4 Å². The first-order chi connectivity index (χ1) is 16.9. The van der Waals surface area contributed by atoms with E-state index in [1.54, 1.807) is 19.1 Å². The van der Waals surface area contributed by atoms with Gasteiger partial charge in [-0.3, -0.25) is 9.78 Å². The van der Waals surface area contributed by atoms with Gasteiger partial charge in [0.2, 0.25) is 21.8 Å². The van der Waals surface area contributed by atoms with Gasteiger partial charge in [-0.15, -0.1) is 0 Å². The van der Waals surface area contributed by atoms with Gasteiger partial charge in [-0.25, -0.2) is 22.8 Å². The van der Waals surface area contributed by atoms with E-state index < -0.39 is 39.8 Å². The average Bonchev–Trinajstić information content (AvgIpc) is 3.33. The summed E-state index contributed by atoms with van der Waals surface area (Å²) in [5.74, 6) is -2.33. The van der Waals surface area contributed by atoms with Crippen LogP contribution in [0.3, 0.4) is 0 Å². The zero-order valence-corrected chi connectivity index (χ0v) is 19.8. The zero-order chi connectivity index (χ0) is 26.1. The van der Waals surface area contributed by atoms with Crippen LogP contribution in [-0.4, -0.2) is 46.2 Å². The molecule has 1 fully saturated rings. The van der Waals surface area contributed by atoms with Gasteiger partial charge in [0.25, 0.3) is 0 Å². The molecule has 1 amide bonds. The Morgan fingerprint density at radius 2 is 1.78 bits per heavy atom. The Morgan fingerprint density at radius 1 is 1.11 bits per heavy atom. The number of sulfonamides is 1. The van der Waals surface area contributed by atoms with E-state index in [1.807, 2.05) is 0 Å². The van der Waals surface area contributed by atoms with Crippen LogP contribution in [-0.2, 0) is 27.5 Å². The van der Waals surface area contributed by atoms with E-state index in [4.69, 9.17) is 0 Å². The van der Waals surface area contributed by atoms with Crippen LogP contribution in [0, 0.1) is 12.7 Å². The second-order valence-corrected chi connectivity index (χ2v) is 10.1. The predicted molar refractivity (Wildman–Crippen MR) is 120 cm³/mol. The summed E-state index contributed by atoms with van der Waals surface area (Å²) in [6.07, 6.45) is -1.73. The molecule has 1 N–H and O–H groups in total. The van der Waals surface area contributed by atoms with Crippen LogP contribution in [0.15, 0.2) is 53.7 Å². The molecule has 36 heavy (non-hydrogen) atoms. The van der Waals surface area contributed by atoms with Gasteiger partial charge in [0, 0.05) is 30.2 Å². The second-order valence-electron chi connectivity index (χ2n) is 8.23. The number of nitrogens with one attached hydrogen (secondary N) is 1. The number of nitrogens with zero attached hydrogens (tertiary/aromatic N) is 4. The molecule has 0 saturated carbocycles. The van der Waals surface area contributed by atoms with Gasteiger partial charge in [0.1, 0.15) is 11.9 Å². The van der Waals surface area contributed by atoms with Crippen molar-refractivity contribution in [3.63, 3.8) is 0 Å². The highest BCUT2D eigenvalue weighted by Crippen LogP contribution is 2.28. The highest BCUT2D eigenvalue weighted by molar-refractivity contribution is 7.89. The molecule has 0 spiro atoms. The fourth-order valence-electron chi connectivity index (χ4n) is 3.95. The van der Waals surface area contributed by atoms with Crippen LogP contribution in [0.4, 0.5) is 17.6 Å². The van der Waals surface area contributed by atoms with Crippen molar-refractivity contribution in [1.29, 1.82) is 0 Å². The Kier molecular flexibility index (Phi) is 7.05. The summed E-state index contributed by atoms with van der Waals surface area (Å²) in [5.41, 5.74) is 1.83. The van der Waals surface area contributed by atoms with Gasteiger partial charge < -0.3 is 5.32 Å². The smallest absolute Gasteiger partial charge is 0.349 e. The first-order valence-corrected chi connectivity index (χ1v) is 12.3. The third-order valence-corrected chi connectivity index (χ3v) is 7.54. The molecular weight excluding hydrogens is 502 g/mol. The Hall–Kier alpha value is -3.45. The van der Waals surface area contributed by atoms with Gasteiger partial charge in [-0.05, 0) is 61.7 Å². The number of aryl methyl sites for hydroxylation is 1. The molecule has 0 radical (unpaired) electrons. The number of benzene rings is 1. The minimum atomic E-state index is -4.65. The van der Waals surface area contributed by atoms with Crippen molar-refractivity contribution in [2.75, 3.05) is 6.54 Å². The maximum Gasteiger partial charge on any atom is 0.451 e. The quantitative estimate of drug-likeness (QED) is 0.496. The van der Waals surface area contributed by atoms with Crippen molar-refractivity contribution in [3.8, 4) is 11.1 Å². The van der Waals surface area contributed by atoms with Gasteiger partial charge in [0.05, 0.1) is 17.1 Å². The van der Waals surface area contributed by atoms with Crippen LogP contribution in [0.1, 0.15) is 30.1 Å². The fourth-order valence-corrected chi connectivity index (χ4v) is 5.60. The number of carbonyl (C=O) groups is 1. The summed E-state index contributed by atoms with van der Waals surface area (Å²) >= 11 is 0. The Labute approximate surface area is 204 Å². The third kappa shape index (κ3) is 5.51. The lowest BCUT2D eigenvalue weighted by Crippen LogP contribution is -2.45. The van der Waals surface area contributed by atoms with Crippen LogP contribution < -0.4 is 5.32 Å². The van der Waals surface area contributed by atoms with Gasteiger partial charge in [0.15, 0.2) is 0 Å². The molecular formula is C23H21F4N5O3S. The molecule has 3 aromatic rings. The Bertz CT molecular complexity index is 1360. The van der Waals surface area contributed by atoms with Crippen molar-refractivity contribution in [3.05, 3.63) is 71.8 Å². The van der Waals surface area contributed by atoms with E-state index in [0.717, 1.165) is 41.0 Å². The highest BCUT2D eigenvalue weighted by Gasteiger charge is 2.39. The molecule has 3 heterocycles. The summed E-state index contributed by atoms with van der Waals surface area (Å²) in [6, 6.07) is 6.68. The maximum atomic E-state index is 13.2. The van der Waals surface area contributed by atoms with Crippen LogP contribution >= 0.6 is 0 Å². The lowest BCUT2D eigenvalue weighted by Gasteiger charge is -2.23. The minimum absolute atomic E-state index is 0.0318. The van der Waals surface area contributed by atoms with Gasteiger partial charge in [-0.1, -0.05) is 0 Å². The summed E-state index contributed by atoms with van der Waals surface area (Å²) < 4.78 is 78.5. The van der Waals surface area contributed by atoms with Crippen LogP contribution in [0.25, 0.3) is 11.1 Å². The molecule has 1 saturated heterocycles. The monoisotopic (exact) mass is 523 g/mol. The second kappa shape index (κ2) is 9.90. The number of hydrogen-bond donors (Lipinski definition) is 1. The molecule has 190 valence electrons.